The molecule has 2 aliphatic heterocycles. The van der Waals surface area contributed by atoms with Crippen molar-refractivity contribution in [3.8, 4) is 0 Å². The van der Waals surface area contributed by atoms with Gasteiger partial charge in [0, 0.05) is 5.56 Å². The number of urea groups is 1. The number of thioether (sulfide) groups is 1. The van der Waals surface area contributed by atoms with Gasteiger partial charge in [-0.1, -0.05) is 48.0 Å². The Balaban J connectivity index is 1.56. The summed E-state index contributed by atoms with van der Waals surface area (Å²) in [5.41, 5.74) is 1.50. The van der Waals surface area contributed by atoms with E-state index in [1.54, 1.807) is 35.7 Å². The number of rotatable bonds is 5. The number of benzene rings is 2. The molecule has 2 aromatic carbocycles. The van der Waals surface area contributed by atoms with Crippen LogP contribution < -0.4 is 5.32 Å². The Kier molecular flexibility index (Phi) is 6.02. The first-order chi connectivity index (χ1) is 14.9. The molecule has 2 aromatic rings. The normalized spacial score (nSPS) is 20.2. The largest absolute Gasteiger partial charge is 0.328 e. The number of aryl methyl sites for hydroxylation is 1. The van der Waals surface area contributed by atoms with Crippen LogP contribution in [0.2, 0.25) is 5.02 Å². The van der Waals surface area contributed by atoms with Gasteiger partial charge in [0.25, 0.3) is 0 Å². The maximum Gasteiger partial charge on any atom is 0.328 e. The van der Waals surface area contributed by atoms with Crippen molar-refractivity contribution in [3.05, 3.63) is 75.9 Å². The van der Waals surface area contributed by atoms with E-state index >= 15 is 0 Å². The summed E-state index contributed by atoms with van der Waals surface area (Å²) in [5, 5.41) is 4.32. The quantitative estimate of drug-likeness (QED) is 0.728. The van der Waals surface area contributed by atoms with Crippen LogP contribution in [-0.4, -0.2) is 45.5 Å². The van der Waals surface area contributed by atoms with E-state index in [0.717, 1.165) is 10.5 Å². The lowest BCUT2D eigenvalue weighted by Crippen LogP contribution is -2.62. The highest BCUT2D eigenvalue weighted by Gasteiger charge is 2.47. The van der Waals surface area contributed by atoms with Crippen molar-refractivity contribution < 1.29 is 18.8 Å². The van der Waals surface area contributed by atoms with E-state index in [1.807, 2.05) is 13.0 Å². The van der Waals surface area contributed by atoms with Gasteiger partial charge in [0.2, 0.25) is 11.8 Å². The number of fused-ring (bicyclic) bond motifs is 1. The first-order valence-electron chi connectivity index (χ1n) is 9.59. The second kappa shape index (κ2) is 8.72. The van der Waals surface area contributed by atoms with E-state index in [2.05, 4.69) is 5.32 Å². The van der Waals surface area contributed by atoms with E-state index in [4.69, 9.17) is 11.6 Å². The van der Waals surface area contributed by atoms with Gasteiger partial charge in [-0.3, -0.25) is 14.5 Å². The Hall–Kier alpha value is -2.84. The summed E-state index contributed by atoms with van der Waals surface area (Å²) in [7, 11) is 0. The Morgan fingerprint density at radius 1 is 1.19 bits per heavy atom. The third-order valence-corrected chi connectivity index (χ3v) is 6.65. The molecule has 2 aliphatic rings. The number of carbonyl (C=O) groups excluding carboxylic acids is 3. The highest BCUT2D eigenvalue weighted by Crippen LogP contribution is 2.35. The molecule has 2 unspecified atom stereocenters. The number of carbonyl (C=O) groups is 3. The Morgan fingerprint density at radius 2 is 1.97 bits per heavy atom. The van der Waals surface area contributed by atoms with Crippen LogP contribution in [0.5, 0.6) is 0 Å². The van der Waals surface area contributed by atoms with Crippen LogP contribution >= 0.6 is 23.4 Å². The van der Waals surface area contributed by atoms with E-state index in [0.29, 0.717) is 10.7 Å². The van der Waals surface area contributed by atoms with Gasteiger partial charge in [0.15, 0.2) is 0 Å². The number of imide groups is 1. The molecule has 2 heterocycles. The van der Waals surface area contributed by atoms with E-state index in [9.17, 15) is 18.8 Å². The van der Waals surface area contributed by atoms with Gasteiger partial charge in [-0.25, -0.2) is 9.18 Å². The highest BCUT2D eigenvalue weighted by molar-refractivity contribution is 8.03. The third-order valence-electron chi connectivity index (χ3n) is 5.24. The molecule has 0 radical (unpaired) electrons. The number of nitrogens with one attached hydrogen (secondary N) is 1. The van der Waals surface area contributed by atoms with Crippen molar-refractivity contribution in [1.29, 1.82) is 0 Å². The fraction of sp³-hybridized carbons (Fsp3) is 0.227. The van der Waals surface area contributed by atoms with Crippen LogP contribution in [0.3, 0.4) is 0 Å². The standard InChI is InChI=1S/C22H19ClFN3O3S/c1-13-5-4-7-15(23)19(13)25-18(28)12-26-17-9-10-31-20(17)21(29)27(22(26)30)11-14-6-2-3-8-16(14)24/h2-10,17,20H,11-12H2,1H3,(H,25,28). The van der Waals surface area contributed by atoms with Crippen molar-refractivity contribution in [3.63, 3.8) is 0 Å². The Morgan fingerprint density at radius 3 is 2.71 bits per heavy atom. The molecule has 0 saturated carbocycles. The lowest BCUT2D eigenvalue weighted by Gasteiger charge is -2.41. The molecule has 31 heavy (non-hydrogen) atoms. The molecule has 0 aromatic heterocycles. The number of hydrogen-bond donors (Lipinski definition) is 1. The minimum Gasteiger partial charge on any atom is -0.323 e. The molecule has 6 nitrogen and oxygen atoms in total. The number of anilines is 1. The first kappa shape index (κ1) is 21.4. The minimum atomic E-state index is -0.632. The fourth-order valence-corrected chi connectivity index (χ4v) is 4.97. The summed E-state index contributed by atoms with van der Waals surface area (Å²) in [6, 6.07) is 10.1. The second-order valence-electron chi connectivity index (χ2n) is 7.28. The average Bonchev–Trinajstić information content (AvgIpc) is 3.23. The summed E-state index contributed by atoms with van der Waals surface area (Å²) in [4.78, 5) is 41.2. The molecule has 0 bridgehead atoms. The monoisotopic (exact) mass is 459 g/mol. The molecule has 2 atom stereocenters. The molecular formula is C22H19ClFN3O3S. The summed E-state index contributed by atoms with van der Waals surface area (Å²) in [6.07, 6.45) is 1.74. The molecular weight excluding hydrogens is 441 g/mol. The van der Waals surface area contributed by atoms with Gasteiger partial charge in [0.05, 0.1) is 23.3 Å². The van der Waals surface area contributed by atoms with Crippen LogP contribution in [-0.2, 0) is 16.1 Å². The number of amides is 4. The minimum absolute atomic E-state index is 0.199. The van der Waals surface area contributed by atoms with Crippen LogP contribution in [0.4, 0.5) is 14.9 Å². The van der Waals surface area contributed by atoms with E-state index in [1.165, 1.54) is 28.8 Å². The molecule has 1 N–H and O–H groups in total. The summed E-state index contributed by atoms with van der Waals surface area (Å²) in [5.74, 6) is -1.33. The number of para-hydroxylation sites is 1. The molecule has 9 heteroatoms. The molecule has 160 valence electrons. The van der Waals surface area contributed by atoms with Crippen molar-refractivity contribution in [2.45, 2.75) is 24.8 Å². The van der Waals surface area contributed by atoms with Gasteiger partial charge in [0.1, 0.15) is 17.6 Å². The smallest absolute Gasteiger partial charge is 0.323 e. The first-order valence-corrected chi connectivity index (χ1v) is 10.9. The predicted molar refractivity (Wildman–Crippen MR) is 118 cm³/mol. The lowest BCUT2D eigenvalue weighted by molar-refractivity contribution is -0.133. The molecule has 1 saturated heterocycles. The average molecular weight is 460 g/mol. The summed E-state index contributed by atoms with van der Waals surface area (Å²) in [6.45, 7) is 1.35. The zero-order valence-electron chi connectivity index (χ0n) is 16.5. The van der Waals surface area contributed by atoms with Crippen LogP contribution in [0.1, 0.15) is 11.1 Å². The van der Waals surface area contributed by atoms with Crippen LogP contribution in [0.25, 0.3) is 0 Å². The molecule has 0 spiro atoms. The molecule has 4 rings (SSSR count). The second-order valence-corrected chi connectivity index (χ2v) is 8.74. The van der Waals surface area contributed by atoms with Gasteiger partial charge in [-0.2, -0.15) is 0 Å². The predicted octanol–water partition coefficient (Wildman–Crippen LogP) is 4.19. The van der Waals surface area contributed by atoms with Crippen LogP contribution in [0, 0.1) is 12.7 Å². The molecule has 0 aliphatic carbocycles. The van der Waals surface area contributed by atoms with E-state index in [-0.39, 0.29) is 18.7 Å². The van der Waals surface area contributed by atoms with Crippen molar-refractivity contribution in [2.24, 2.45) is 0 Å². The number of hydrogen-bond acceptors (Lipinski definition) is 4. The molecule has 1 fully saturated rings. The van der Waals surface area contributed by atoms with Crippen molar-refractivity contribution in [2.75, 3.05) is 11.9 Å². The summed E-state index contributed by atoms with van der Waals surface area (Å²) >= 11 is 7.47. The Bertz CT molecular complexity index is 1070. The van der Waals surface area contributed by atoms with Gasteiger partial charge in [-0.05, 0) is 30.0 Å². The lowest BCUT2D eigenvalue weighted by atomic mass is 10.1. The van der Waals surface area contributed by atoms with Crippen molar-refractivity contribution >= 4 is 46.9 Å². The highest BCUT2D eigenvalue weighted by atomic mass is 35.5. The fourth-order valence-electron chi connectivity index (χ4n) is 3.63. The van der Waals surface area contributed by atoms with Gasteiger partial charge < -0.3 is 10.2 Å². The zero-order chi connectivity index (χ0) is 22.1. The maximum absolute atomic E-state index is 14.1. The SMILES string of the molecule is Cc1cccc(Cl)c1NC(=O)CN1C(=O)N(Cc2ccccc2F)C(=O)C2SC=CC21. The van der Waals surface area contributed by atoms with Gasteiger partial charge in [-0.15, -0.1) is 11.8 Å². The summed E-state index contributed by atoms with van der Waals surface area (Å²) < 4.78 is 14.1. The van der Waals surface area contributed by atoms with Gasteiger partial charge >= 0.3 is 6.03 Å². The zero-order valence-corrected chi connectivity index (χ0v) is 18.1. The third kappa shape index (κ3) is 4.18. The maximum atomic E-state index is 14.1. The topological polar surface area (TPSA) is 69.7 Å². The molecule has 4 amide bonds. The van der Waals surface area contributed by atoms with Crippen molar-refractivity contribution in [1.82, 2.24) is 9.80 Å². The van der Waals surface area contributed by atoms with Crippen LogP contribution in [0.15, 0.2) is 53.9 Å². The van der Waals surface area contributed by atoms with E-state index < -0.39 is 35.0 Å². The Labute approximate surface area is 188 Å². The number of halogens is 2. The number of nitrogens with zero attached hydrogens (tertiary/aromatic N) is 2.